The van der Waals surface area contributed by atoms with E-state index in [-0.39, 0.29) is 11.4 Å². The molecule has 2 N–H and O–H groups in total. The average molecular weight is 385 g/mol. The third-order valence-corrected chi connectivity index (χ3v) is 4.05. The van der Waals surface area contributed by atoms with E-state index in [1.54, 1.807) is 12.1 Å². The van der Waals surface area contributed by atoms with Crippen molar-refractivity contribution in [1.82, 2.24) is 4.98 Å². The van der Waals surface area contributed by atoms with Crippen LogP contribution in [0.4, 0.5) is 24.5 Å². The number of nitrogens with zero attached hydrogens (tertiary/aromatic N) is 1. The Hall–Kier alpha value is -3.35. The van der Waals surface area contributed by atoms with Gasteiger partial charge >= 0.3 is 6.18 Å². The van der Waals surface area contributed by atoms with Gasteiger partial charge in [-0.2, -0.15) is 13.2 Å². The molecule has 0 saturated heterocycles. The van der Waals surface area contributed by atoms with Gasteiger partial charge in [-0.05, 0) is 48.4 Å². The highest BCUT2D eigenvalue weighted by Gasteiger charge is 2.30. The number of amides is 1. The number of carbonyl (C=O) groups excluding carboxylic acids is 1. The van der Waals surface area contributed by atoms with Crippen LogP contribution in [0.3, 0.4) is 0 Å². The van der Waals surface area contributed by atoms with Crippen molar-refractivity contribution in [3.63, 3.8) is 0 Å². The molecule has 4 nitrogen and oxygen atoms in total. The van der Waals surface area contributed by atoms with Crippen molar-refractivity contribution in [2.75, 3.05) is 17.2 Å². The van der Waals surface area contributed by atoms with Crippen LogP contribution in [0.5, 0.6) is 0 Å². The van der Waals surface area contributed by atoms with Crippen LogP contribution in [0.1, 0.15) is 21.6 Å². The first kappa shape index (κ1) is 19.4. The summed E-state index contributed by atoms with van der Waals surface area (Å²) in [4.78, 5) is 16.3. The van der Waals surface area contributed by atoms with E-state index in [0.29, 0.717) is 6.54 Å². The highest BCUT2D eigenvalue weighted by atomic mass is 19.4. The number of rotatable bonds is 6. The van der Waals surface area contributed by atoms with Gasteiger partial charge in [0.25, 0.3) is 5.91 Å². The van der Waals surface area contributed by atoms with E-state index in [9.17, 15) is 18.0 Å². The van der Waals surface area contributed by atoms with Crippen LogP contribution in [-0.4, -0.2) is 17.4 Å². The van der Waals surface area contributed by atoms with E-state index >= 15 is 0 Å². The molecular formula is C21H18F3N3O. The molecule has 0 aliphatic heterocycles. The number of hydrogen-bond donors (Lipinski definition) is 2. The van der Waals surface area contributed by atoms with Gasteiger partial charge < -0.3 is 10.6 Å². The van der Waals surface area contributed by atoms with E-state index in [0.717, 1.165) is 24.2 Å². The van der Waals surface area contributed by atoms with Crippen LogP contribution >= 0.6 is 0 Å². The minimum absolute atomic E-state index is 0.171. The Morgan fingerprint density at radius 2 is 1.64 bits per heavy atom. The summed E-state index contributed by atoms with van der Waals surface area (Å²) >= 11 is 0. The summed E-state index contributed by atoms with van der Waals surface area (Å²) in [6.45, 7) is 0.688. The fraction of sp³-hybridized carbons (Fsp3) is 0.143. The Labute approximate surface area is 160 Å². The molecule has 28 heavy (non-hydrogen) atoms. The molecule has 3 rings (SSSR count). The molecule has 0 aliphatic carbocycles. The largest absolute Gasteiger partial charge is 0.416 e. The predicted octanol–water partition coefficient (Wildman–Crippen LogP) is 5.01. The normalized spacial score (nSPS) is 11.1. The molecule has 144 valence electrons. The lowest BCUT2D eigenvalue weighted by Gasteiger charge is -2.10. The Morgan fingerprint density at radius 3 is 2.32 bits per heavy atom. The maximum atomic E-state index is 12.6. The van der Waals surface area contributed by atoms with Crippen LogP contribution in [-0.2, 0) is 12.6 Å². The van der Waals surface area contributed by atoms with Crippen molar-refractivity contribution in [3.8, 4) is 0 Å². The number of benzene rings is 2. The molecule has 2 aromatic carbocycles. The molecule has 0 spiro atoms. The second-order valence-corrected chi connectivity index (χ2v) is 6.12. The highest BCUT2D eigenvalue weighted by molar-refractivity contribution is 6.03. The first-order chi connectivity index (χ1) is 13.4. The van der Waals surface area contributed by atoms with Crippen LogP contribution < -0.4 is 10.6 Å². The van der Waals surface area contributed by atoms with E-state index < -0.39 is 17.6 Å². The topological polar surface area (TPSA) is 54.0 Å². The minimum atomic E-state index is -4.41. The van der Waals surface area contributed by atoms with Gasteiger partial charge in [0, 0.05) is 24.1 Å². The fourth-order valence-electron chi connectivity index (χ4n) is 2.60. The van der Waals surface area contributed by atoms with Gasteiger partial charge in [-0.3, -0.25) is 9.78 Å². The summed E-state index contributed by atoms with van der Waals surface area (Å²) in [6.07, 6.45) is -2.08. The number of anilines is 2. The second kappa shape index (κ2) is 8.56. The molecule has 0 fully saturated rings. The zero-order valence-corrected chi connectivity index (χ0v) is 14.8. The SMILES string of the molecule is O=C(Nc1ccc(C(F)(F)F)cc1)c1cc(NCCc2ccccc2)ccn1. The number of hydrogen-bond acceptors (Lipinski definition) is 3. The molecule has 1 aromatic heterocycles. The lowest BCUT2D eigenvalue weighted by molar-refractivity contribution is -0.137. The molecule has 0 bridgehead atoms. The van der Waals surface area contributed by atoms with E-state index in [1.807, 2.05) is 30.3 Å². The number of aromatic nitrogens is 1. The van der Waals surface area contributed by atoms with Gasteiger partial charge in [0.15, 0.2) is 0 Å². The summed E-state index contributed by atoms with van der Waals surface area (Å²) in [7, 11) is 0. The summed E-state index contributed by atoms with van der Waals surface area (Å²) in [5.74, 6) is -0.494. The van der Waals surface area contributed by atoms with Gasteiger partial charge in [0.1, 0.15) is 5.69 Å². The molecule has 0 atom stereocenters. The minimum Gasteiger partial charge on any atom is -0.385 e. The van der Waals surface area contributed by atoms with Crippen LogP contribution in [0.25, 0.3) is 0 Å². The van der Waals surface area contributed by atoms with Gasteiger partial charge in [-0.1, -0.05) is 30.3 Å². The standard InChI is InChI=1S/C21H18F3N3O/c22-21(23,24)16-6-8-17(9-7-16)27-20(28)19-14-18(11-13-26-19)25-12-10-15-4-2-1-3-5-15/h1-9,11,13-14H,10,12H2,(H,25,26)(H,27,28). The quantitative estimate of drug-likeness (QED) is 0.627. The summed E-state index contributed by atoms with van der Waals surface area (Å²) in [5.41, 5.74) is 1.60. The Kier molecular flexibility index (Phi) is 5.93. The smallest absolute Gasteiger partial charge is 0.385 e. The first-order valence-electron chi connectivity index (χ1n) is 8.64. The molecule has 7 heteroatoms. The molecule has 1 amide bonds. The Bertz CT molecular complexity index is 926. The van der Waals surface area contributed by atoms with Crippen molar-refractivity contribution in [1.29, 1.82) is 0 Å². The third-order valence-electron chi connectivity index (χ3n) is 4.05. The zero-order chi connectivity index (χ0) is 20.0. The van der Waals surface area contributed by atoms with Crippen molar-refractivity contribution < 1.29 is 18.0 Å². The van der Waals surface area contributed by atoms with E-state index in [1.165, 1.54) is 23.9 Å². The van der Waals surface area contributed by atoms with E-state index in [2.05, 4.69) is 15.6 Å². The predicted molar refractivity (Wildman–Crippen MR) is 102 cm³/mol. The van der Waals surface area contributed by atoms with Crippen molar-refractivity contribution in [3.05, 3.63) is 89.7 Å². The van der Waals surface area contributed by atoms with Crippen LogP contribution in [0, 0.1) is 0 Å². The van der Waals surface area contributed by atoms with Crippen molar-refractivity contribution in [2.45, 2.75) is 12.6 Å². The van der Waals surface area contributed by atoms with Crippen molar-refractivity contribution in [2.24, 2.45) is 0 Å². The zero-order valence-electron chi connectivity index (χ0n) is 14.8. The molecule has 1 heterocycles. The number of alkyl halides is 3. The molecule has 0 radical (unpaired) electrons. The molecular weight excluding hydrogens is 367 g/mol. The van der Waals surface area contributed by atoms with Crippen LogP contribution in [0.15, 0.2) is 72.9 Å². The summed E-state index contributed by atoms with van der Waals surface area (Å²) in [6, 6.07) is 17.6. The molecule has 0 aliphatic rings. The van der Waals surface area contributed by atoms with E-state index in [4.69, 9.17) is 0 Å². The first-order valence-corrected chi connectivity index (χ1v) is 8.64. The maximum absolute atomic E-state index is 12.6. The Morgan fingerprint density at radius 1 is 0.929 bits per heavy atom. The molecule has 3 aromatic rings. The number of carbonyl (C=O) groups is 1. The lowest BCUT2D eigenvalue weighted by Crippen LogP contribution is -2.14. The van der Waals surface area contributed by atoms with Crippen LogP contribution in [0.2, 0.25) is 0 Å². The molecule has 0 saturated carbocycles. The second-order valence-electron chi connectivity index (χ2n) is 6.12. The number of nitrogens with one attached hydrogen (secondary N) is 2. The highest BCUT2D eigenvalue weighted by Crippen LogP contribution is 2.29. The third kappa shape index (κ3) is 5.33. The Balaban J connectivity index is 1.59. The lowest BCUT2D eigenvalue weighted by atomic mass is 10.1. The summed E-state index contributed by atoms with van der Waals surface area (Å²) in [5, 5.41) is 5.78. The fourth-order valence-corrected chi connectivity index (χ4v) is 2.60. The number of pyridine rings is 1. The van der Waals surface area contributed by atoms with Gasteiger partial charge in [0.2, 0.25) is 0 Å². The van der Waals surface area contributed by atoms with Gasteiger partial charge in [-0.15, -0.1) is 0 Å². The van der Waals surface area contributed by atoms with Crippen molar-refractivity contribution >= 4 is 17.3 Å². The summed E-state index contributed by atoms with van der Waals surface area (Å²) < 4.78 is 37.8. The average Bonchev–Trinajstić information content (AvgIpc) is 2.69. The van der Waals surface area contributed by atoms with Gasteiger partial charge in [-0.25, -0.2) is 0 Å². The monoisotopic (exact) mass is 385 g/mol. The molecule has 0 unspecified atom stereocenters. The maximum Gasteiger partial charge on any atom is 0.416 e. The van der Waals surface area contributed by atoms with Gasteiger partial charge in [0.05, 0.1) is 5.56 Å². The number of halogens is 3.